The van der Waals surface area contributed by atoms with Gasteiger partial charge in [0.25, 0.3) is 11.2 Å². The molecular weight excluding hydrogens is 300 g/mol. The molecule has 0 N–H and O–H groups in total. The molecule has 2 rings (SSSR count). The molecule has 2 aromatic rings. The van der Waals surface area contributed by atoms with Gasteiger partial charge in [0.1, 0.15) is 6.54 Å². The minimum absolute atomic E-state index is 0.186. The highest BCUT2D eigenvalue weighted by atomic mass is 16.6. The fraction of sp³-hybridized carbons (Fsp3) is 0.250. The Morgan fingerprint density at radius 3 is 2.65 bits per heavy atom. The summed E-state index contributed by atoms with van der Waals surface area (Å²) < 4.78 is 6.07. The summed E-state index contributed by atoms with van der Waals surface area (Å²) in [5.74, 6) is -0.608. The van der Waals surface area contributed by atoms with E-state index in [0.717, 1.165) is 16.3 Å². The molecule has 1 heterocycles. The Balaban J connectivity index is 1.97. The van der Waals surface area contributed by atoms with E-state index in [1.807, 2.05) is 30.3 Å². The molecule has 1 aromatic carbocycles. The van der Waals surface area contributed by atoms with Crippen LogP contribution < -0.4 is 5.56 Å². The van der Waals surface area contributed by atoms with Gasteiger partial charge in [0.15, 0.2) is 0 Å². The van der Waals surface area contributed by atoms with E-state index in [1.54, 1.807) is 0 Å². The zero-order chi connectivity index (χ0) is 16.8. The van der Waals surface area contributed by atoms with Crippen LogP contribution in [0, 0.1) is 17.0 Å². The number of aromatic nitrogens is 1. The second kappa shape index (κ2) is 7.35. The van der Waals surface area contributed by atoms with Crippen molar-refractivity contribution < 1.29 is 14.5 Å². The number of hydrogen-bond acceptors (Lipinski definition) is 5. The Hall–Kier alpha value is -2.96. The molecule has 0 amide bonds. The Kier molecular flexibility index (Phi) is 5.24. The predicted molar refractivity (Wildman–Crippen MR) is 83.2 cm³/mol. The molecule has 0 aliphatic heterocycles. The highest BCUT2D eigenvalue weighted by Crippen LogP contribution is 2.09. The van der Waals surface area contributed by atoms with Crippen molar-refractivity contribution in [2.75, 3.05) is 6.61 Å². The molecule has 0 aliphatic rings. The van der Waals surface area contributed by atoms with E-state index in [0.29, 0.717) is 6.42 Å². The highest BCUT2D eigenvalue weighted by Gasteiger charge is 2.14. The van der Waals surface area contributed by atoms with Crippen molar-refractivity contribution in [3.63, 3.8) is 0 Å². The van der Waals surface area contributed by atoms with Crippen LogP contribution >= 0.6 is 0 Å². The number of carbonyl (C=O) groups is 1. The average molecular weight is 316 g/mol. The third kappa shape index (κ3) is 4.50. The lowest BCUT2D eigenvalue weighted by molar-refractivity contribution is -0.385. The van der Waals surface area contributed by atoms with Gasteiger partial charge in [-0.1, -0.05) is 30.3 Å². The van der Waals surface area contributed by atoms with Gasteiger partial charge in [0.2, 0.25) is 0 Å². The maximum atomic E-state index is 11.9. The number of aryl methyl sites for hydroxylation is 1. The molecule has 0 unspecified atom stereocenters. The minimum Gasteiger partial charge on any atom is -0.464 e. The fourth-order valence-electron chi connectivity index (χ4n) is 2.10. The molecule has 0 spiro atoms. The van der Waals surface area contributed by atoms with E-state index in [2.05, 4.69) is 0 Å². The van der Waals surface area contributed by atoms with Crippen molar-refractivity contribution in [2.45, 2.75) is 19.9 Å². The number of carbonyl (C=O) groups excluding carboxylic acids is 1. The normalized spacial score (nSPS) is 10.3. The van der Waals surface area contributed by atoms with Gasteiger partial charge < -0.3 is 4.74 Å². The summed E-state index contributed by atoms with van der Waals surface area (Å²) in [6.45, 7) is 1.30. The predicted octanol–water partition coefficient (Wildman–Crippen LogP) is 1.85. The van der Waals surface area contributed by atoms with Crippen LogP contribution in [0.2, 0.25) is 0 Å². The van der Waals surface area contributed by atoms with Crippen LogP contribution in [0.4, 0.5) is 5.69 Å². The standard InChI is InChI=1S/C16H16N2O5/c1-12-9-14(18(21)22)10-17(16(12)20)11-15(19)23-8-7-13-5-3-2-4-6-13/h2-6,9-10H,7-8,11H2,1H3. The molecule has 0 aliphatic carbocycles. The van der Waals surface area contributed by atoms with E-state index in [4.69, 9.17) is 4.74 Å². The third-order valence-electron chi connectivity index (χ3n) is 3.26. The quantitative estimate of drug-likeness (QED) is 0.461. The van der Waals surface area contributed by atoms with Gasteiger partial charge in [0.05, 0.1) is 17.7 Å². The lowest BCUT2D eigenvalue weighted by Gasteiger charge is -2.08. The van der Waals surface area contributed by atoms with Gasteiger partial charge in [0, 0.05) is 18.1 Å². The molecule has 7 nitrogen and oxygen atoms in total. The zero-order valence-electron chi connectivity index (χ0n) is 12.6. The molecule has 0 atom stereocenters. The summed E-state index contributed by atoms with van der Waals surface area (Å²) in [7, 11) is 0. The van der Waals surface area contributed by atoms with Crippen molar-refractivity contribution in [1.82, 2.24) is 4.57 Å². The second-order valence-corrected chi connectivity index (χ2v) is 5.03. The van der Waals surface area contributed by atoms with E-state index >= 15 is 0 Å². The largest absolute Gasteiger partial charge is 0.464 e. The van der Waals surface area contributed by atoms with Crippen LogP contribution in [0.25, 0.3) is 0 Å². The molecule has 0 saturated carbocycles. The lowest BCUT2D eigenvalue weighted by atomic mass is 10.2. The number of nitro groups is 1. The molecule has 120 valence electrons. The minimum atomic E-state index is -0.608. The van der Waals surface area contributed by atoms with E-state index in [9.17, 15) is 19.7 Å². The van der Waals surface area contributed by atoms with Crippen LogP contribution in [0.5, 0.6) is 0 Å². The van der Waals surface area contributed by atoms with Gasteiger partial charge in [-0.05, 0) is 12.5 Å². The summed E-state index contributed by atoms with van der Waals surface area (Å²) in [6, 6.07) is 10.7. The molecule has 0 fully saturated rings. The first-order chi connectivity index (χ1) is 11.0. The average Bonchev–Trinajstić information content (AvgIpc) is 2.52. The topological polar surface area (TPSA) is 91.4 Å². The molecule has 0 radical (unpaired) electrons. The zero-order valence-corrected chi connectivity index (χ0v) is 12.6. The van der Waals surface area contributed by atoms with Crippen molar-refractivity contribution in [3.05, 3.63) is 74.2 Å². The summed E-state index contributed by atoms with van der Waals surface area (Å²) in [5.41, 5.74) is 0.551. The molecular formula is C16H16N2O5. The molecule has 0 bridgehead atoms. The van der Waals surface area contributed by atoms with Crippen LogP contribution in [0.3, 0.4) is 0 Å². The van der Waals surface area contributed by atoms with Crippen LogP contribution in [0.1, 0.15) is 11.1 Å². The Bertz CT molecular complexity index is 768. The summed E-state index contributed by atoms with van der Waals surface area (Å²) in [5, 5.41) is 10.8. The maximum Gasteiger partial charge on any atom is 0.326 e. The maximum absolute atomic E-state index is 11.9. The Morgan fingerprint density at radius 1 is 1.30 bits per heavy atom. The van der Waals surface area contributed by atoms with Gasteiger partial charge in [-0.3, -0.25) is 24.3 Å². The third-order valence-corrected chi connectivity index (χ3v) is 3.26. The van der Waals surface area contributed by atoms with Crippen LogP contribution in [-0.4, -0.2) is 22.1 Å². The van der Waals surface area contributed by atoms with E-state index in [-0.39, 0.29) is 24.4 Å². The number of rotatable bonds is 6. The molecule has 23 heavy (non-hydrogen) atoms. The van der Waals surface area contributed by atoms with Gasteiger partial charge >= 0.3 is 5.97 Å². The number of nitrogens with zero attached hydrogens (tertiary/aromatic N) is 2. The first-order valence-corrected chi connectivity index (χ1v) is 7.02. The number of hydrogen-bond donors (Lipinski definition) is 0. The van der Waals surface area contributed by atoms with E-state index < -0.39 is 16.5 Å². The second-order valence-electron chi connectivity index (χ2n) is 5.03. The first kappa shape index (κ1) is 16.4. The SMILES string of the molecule is Cc1cc([N+](=O)[O-])cn(CC(=O)OCCc2ccccc2)c1=O. The molecule has 1 aromatic heterocycles. The monoisotopic (exact) mass is 316 g/mol. The van der Waals surface area contributed by atoms with E-state index in [1.165, 1.54) is 13.0 Å². The number of pyridine rings is 1. The van der Waals surface area contributed by atoms with Crippen molar-refractivity contribution in [2.24, 2.45) is 0 Å². The fourth-order valence-corrected chi connectivity index (χ4v) is 2.10. The Labute approximate surface area is 132 Å². The Morgan fingerprint density at radius 2 is 2.00 bits per heavy atom. The van der Waals surface area contributed by atoms with Gasteiger partial charge in [-0.15, -0.1) is 0 Å². The number of esters is 1. The van der Waals surface area contributed by atoms with Crippen molar-refractivity contribution in [3.8, 4) is 0 Å². The number of ether oxygens (including phenoxy) is 1. The number of benzene rings is 1. The first-order valence-electron chi connectivity index (χ1n) is 7.02. The van der Waals surface area contributed by atoms with Gasteiger partial charge in [-0.2, -0.15) is 0 Å². The highest BCUT2D eigenvalue weighted by molar-refractivity contribution is 5.69. The van der Waals surface area contributed by atoms with Crippen LogP contribution in [-0.2, 0) is 22.5 Å². The smallest absolute Gasteiger partial charge is 0.326 e. The molecule has 0 saturated heterocycles. The summed E-state index contributed by atoms with van der Waals surface area (Å²) in [6.07, 6.45) is 1.61. The van der Waals surface area contributed by atoms with Gasteiger partial charge in [-0.25, -0.2) is 0 Å². The molecule has 7 heteroatoms. The van der Waals surface area contributed by atoms with Crippen LogP contribution in [0.15, 0.2) is 47.4 Å². The van der Waals surface area contributed by atoms with Crippen molar-refractivity contribution >= 4 is 11.7 Å². The summed E-state index contributed by atoms with van der Waals surface area (Å²) >= 11 is 0. The lowest BCUT2D eigenvalue weighted by Crippen LogP contribution is -2.27. The summed E-state index contributed by atoms with van der Waals surface area (Å²) in [4.78, 5) is 33.9. The van der Waals surface area contributed by atoms with Crippen molar-refractivity contribution in [1.29, 1.82) is 0 Å².